The van der Waals surface area contributed by atoms with E-state index < -0.39 is 0 Å². The van der Waals surface area contributed by atoms with Crippen molar-refractivity contribution in [3.63, 3.8) is 0 Å². The lowest BCUT2D eigenvalue weighted by atomic mass is 10.2. The first kappa shape index (κ1) is 10.1. The van der Waals surface area contributed by atoms with Crippen molar-refractivity contribution in [3.05, 3.63) is 34.8 Å². The Bertz CT molecular complexity index is 346. The van der Waals surface area contributed by atoms with Gasteiger partial charge in [0.1, 0.15) is 0 Å². The van der Waals surface area contributed by atoms with Crippen LogP contribution >= 0.6 is 11.8 Å². The van der Waals surface area contributed by atoms with Crippen molar-refractivity contribution >= 4 is 11.8 Å². The van der Waals surface area contributed by atoms with Gasteiger partial charge in [0.05, 0.1) is 0 Å². The fraction of sp³-hybridized carbons (Fsp3) is 0.333. The molecule has 1 heterocycles. The quantitative estimate of drug-likeness (QED) is 0.452. The molecule has 13 heavy (non-hydrogen) atoms. The highest BCUT2D eigenvalue weighted by Gasteiger charge is 1.98. The molecule has 0 aliphatic heterocycles. The van der Waals surface area contributed by atoms with E-state index >= 15 is 0 Å². The molecule has 0 aromatic carbocycles. The van der Waals surface area contributed by atoms with Crippen LogP contribution in [0.5, 0.6) is 0 Å². The van der Waals surface area contributed by atoms with Gasteiger partial charge in [0.15, 0.2) is 5.16 Å². The maximum atomic E-state index is 11.1. The standard InChI is InChI=1S/C9H12N2OS/c1-3-4-5-7-6-8(12)11-9(10-7)13-2/h3,6H,1,4-5H2,2H3,(H,10,11,12). The molecule has 1 rings (SSSR count). The van der Waals surface area contributed by atoms with Gasteiger partial charge in [-0.1, -0.05) is 17.8 Å². The number of allylic oxidation sites excluding steroid dienone is 1. The van der Waals surface area contributed by atoms with Crippen LogP contribution in [0.3, 0.4) is 0 Å². The van der Waals surface area contributed by atoms with Crippen molar-refractivity contribution in [1.29, 1.82) is 0 Å². The Morgan fingerprint density at radius 2 is 2.54 bits per heavy atom. The van der Waals surface area contributed by atoms with Crippen LogP contribution in [-0.2, 0) is 6.42 Å². The predicted octanol–water partition coefficient (Wildman–Crippen LogP) is 1.61. The monoisotopic (exact) mass is 196 g/mol. The average Bonchev–Trinajstić information content (AvgIpc) is 2.14. The first-order valence-electron chi connectivity index (χ1n) is 4.01. The van der Waals surface area contributed by atoms with Crippen LogP contribution in [0.25, 0.3) is 0 Å². The summed E-state index contributed by atoms with van der Waals surface area (Å²) in [6.45, 7) is 3.62. The highest BCUT2D eigenvalue weighted by atomic mass is 32.2. The van der Waals surface area contributed by atoms with Gasteiger partial charge in [0.25, 0.3) is 5.56 Å². The van der Waals surface area contributed by atoms with E-state index in [9.17, 15) is 4.79 Å². The average molecular weight is 196 g/mol. The molecule has 0 saturated heterocycles. The number of hydrogen-bond acceptors (Lipinski definition) is 3. The molecule has 0 saturated carbocycles. The van der Waals surface area contributed by atoms with E-state index in [4.69, 9.17) is 0 Å². The number of hydrogen-bond donors (Lipinski definition) is 1. The Kier molecular flexibility index (Phi) is 3.76. The zero-order valence-corrected chi connectivity index (χ0v) is 8.36. The largest absolute Gasteiger partial charge is 0.301 e. The molecule has 0 aliphatic carbocycles. The fourth-order valence-corrected chi connectivity index (χ4v) is 1.37. The lowest BCUT2D eigenvalue weighted by molar-refractivity contribution is 0.843. The molecule has 3 nitrogen and oxygen atoms in total. The number of H-pyrrole nitrogens is 1. The highest BCUT2D eigenvalue weighted by molar-refractivity contribution is 7.98. The van der Waals surface area contributed by atoms with Gasteiger partial charge < -0.3 is 4.98 Å². The number of rotatable bonds is 4. The molecule has 0 atom stereocenters. The molecule has 0 amide bonds. The molecule has 0 bridgehead atoms. The van der Waals surface area contributed by atoms with Gasteiger partial charge in [-0.2, -0.15) is 0 Å². The summed E-state index contributed by atoms with van der Waals surface area (Å²) >= 11 is 1.44. The van der Waals surface area contributed by atoms with Crippen molar-refractivity contribution in [3.8, 4) is 0 Å². The van der Waals surface area contributed by atoms with Gasteiger partial charge in [-0.25, -0.2) is 4.98 Å². The van der Waals surface area contributed by atoms with E-state index in [1.165, 1.54) is 17.8 Å². The summed E-state index contributed by atoms with van der Waals surface area (Å²) in [5.41, 5.74) is 0.742. The van der Waals surface area contributed by atoms with Gasteiger partial charge in [-0.05, 0) is 19.1 Å². The van der Waals surface area contributed by atoms with Crippen LogP contribution in [0.15, 0.2) is 28.7 Å². The molecule has 1 N–H and O–H groups in total. The van der Waals surface area contributed by atoms with Gasteiger partial charge in [-0.15, -0.1) is 6.58 Å². The van der Waals surface area contributed by atoms with Crippen molar-refractivity contribution < 1.29 is 0 Å². The number of nitrogens with zero attached hydrogens (tertiary/aromatic N) is 1. The second-order valence-corrected chi connectivity index (χ2v) is 3.37. The highest BCUT2D eigenvalue weighted by Crippen LogP contribution is 2.06. The van der Waals surface area contributed by atoms with Crippen LogP contribution in [-0.4, -0.2) is 16.2 Å². The fourth-order valence-electron chi connectivity index (χ4n) is 0.958. The smallest absolute Gasteiger partial charge is 0.251 e. The maximum absolute atomic E-state index is 11.1. The van der Waals surface area contributed by atoms with Crippen molar-refractivity contribution in [2.24, 2.45) is 0 Å². The summed E-state index contributed by atoms with van der Waals surface area (Å²) in [5, 5.41) is 0.673. The molecule has 4 heteroatoms. The normalized spacial score (nSPS) is 9.92. The first-order valence-corrected chi connectivity index (χ1v) is 5.24. The Labute approximate surface area is 81.3 Å². The minimum absolute atomic E-state index is 0.0848. The summed E-state index contributed by atoms with van der Waals surface area (Å²) in [6.07, 6.45) is 5.34. The maximum Gasteiger partial charge on any atom is 0.251 e. The third kappa shape index (κ3) is 3.06. The van der Waals surface area contributed by atoms with Gasteiger partial charge >= 0.3 is 0 Å². The van der Waals surface area contributed by atoms with Crippen LogP contribution < -0.4 is 5.56 Å². The van der Waals surface area contributed by atoms with E-state index in [1.54, 1.807) is 0 Å². The van der Waals surface area contributed by atoms with Crippen molar-refractivity contribution in [2.75, 3.05) is 6.26 Å². The van der Waals surface area contributed by atoms with Gasteiger partial charge in [-0.3, -0.25) is 4.79 Å². The summed E-state index contributed by atoms with van der Waals surface area (Å²) in [7, 11) is 0. The second kappa shape index (κ2) is 4.87. The van der Waals surface area contributed by atoms with E-state index in [2.05, 4.69) is 16.5 Å². The zero-order valence-electron chi connectivity index (χ0n) is 7.54. The molecule has 0 spiro atoms. The molecule has 0 radical (unpaired) electrons. The van der Waals surface area contributed by atoms with Crippen LogP contribution in [0.2, 0.25) is 0 Å². The molecule has 70 valence electrons. The van der Waals surface area contributed by atoms with Crippen molar-refractivity contribution in [2.45, 2.75) is 18.0 Å². The lowest BCUT2D eigenvalue weighted by Gasteiger charge is -1.99. The predicted molar refractivity (Wildman–Crippen MR) is 55.2 cm³/mol. The van der Waals surface area contributed by atoms with Crippen molar-refractivity contribution in [1.82, 2.24) is 9.97 Å². The zero-order chi connectivity index (χ0) is 9.68. The minimum Gasteiger partial charge on any atom is -0.301 e. The van der Waals surface area contributed by atoms with Crippen LogP contribution in [0, 0.1) is 0 Å². The lowest BCUT2D eigenvalue weighted by Crippen LogP contribution is -2.09. The topological polar surface area (TPSA) is 45.8 Å². The Morgan fingerprint density at radius 1 is 1.77 bits per heavy atom. The molecular formula is C9H12N2OS. The number of aryl methyl sites for hydroxylation is 1. The number of thioether (sulfide) groups is 1. The van der Waals surface area contributed by atoms with E-state index in [-0.39, 0.29) is 5.56 Å². The van der Waals surface area contributed by atoms with Gasteiger partial charge in [0.2, 0.25) is 0 Å². The summed E-state index contributed by atoms with van der Waals surface area (Å²) in [5.74, 6) is 0. The van der Waals surface area contributed by atoms with Crippen LogP contribution in [0.1, 0.15) is 12.1 Å². The second-order valence-electron chi connectivity index (χ2n) is 2.57. The summed E-state index contributed by atoms with van der Waals surface area (Å²) in [6, 6.07) is 1.53. The van der Waals surface area contributed by atoms with Crippen LogP contribution in [0.4, 0.5) is 0 Å². The number of nitrogens with one attached hydrogen (secondary N) is 1. The van der Waals surface area contributed by atoms with E-state index in [1.807, 2.05) is 12.3 Å². The molecule has 0 unspecified atom stereocenters. The first-order chi connectivity index (χ1) is 6.26. The third-order valence-corrected chi connectivity index (χ3v) is 2.15. The Hall–Kier alpha value is -1.03. The molecule has 1 aromatic rings. The number of aromatic nitrogens is 2. The Morgan fingerprint density at radius 3 is 3.15 bits per heavy atom. The SMILES string of the molecule is C=CCCc1cc(=O)[nH]c(SC)n1. The molecule has 0 aliphatic rings. The summed E-state index contributed by atoms with van der Waals surface area (Å²) in [4.78, 5) is 18.0. The van der Waals surface area contributed by atoms with E-state index in [0.29, 0.717) is 5.16 Å². The molecule has 0 fully saturated rings. The minimum atomic E-state index is -0.0848. The molecular weight excluding hydrogens is 184 g/mol. The van der Waals surface area contributed by atoms with Gasteiger partial charge in [0, 0.05) is 11.8 Å². The molecule has 1 aromatic heterocycles. The number of aromatic amines is 1. The third-order valence-electron chi connectivity index (χ3n) is 1.57. The summed E-state index contributed by atoms with van der Waals surface area (Å²) < 4.78 is 0. The Balaban J connectivity index is 2.88. The van der Waals surface area contributed by atoms with E-state index in [0.717, 1.165) is 18.5 Å².